The third-order valence-electron chi connectivity index (χ3n) is 2.79. The van der Waals surface area contributed by atoms with Gasteiger partial charge >= 0.3 is 0 Å². The van der Waals surface area contributed by atoms with E-state index in [1.165, 1.54) is 35.2 Å². The Hall–Kier alpha value is -2.00. The van der Waals surface area contributed by atoms with Gasteiger partial charge in [0.15, 0.2) is 0 Å². The number of hydrogen-bond donors (Lipinski definition) is 0. The van der Waals surface area contributed by atoms with E-state index in [2.05, 4.69) is 10.2 Å². The lowest BCUT2D eigenvalue weighted by Crippen LogP contribution is -2.27. The van der Waals surface area contributed by atoms with E-state index in [9.17, 15) is 14.9 Å². The number of thioether (sulfide) groups is 1. The predicted octanol–water partition coefficient (Wildman–Crippen LogP) is 2.22. The highest BCUT2D eigenvalue weighted by molar-refractivity contribution is 8.00. The summed E-state index contributed by atoms with van der Waals surface area (Å²) >= 11 is 2.69. The first-order valence-electron chi connectivity index (χ1n) is 5.61. The third-order valence-corrected chi connectivity index (χ3v) is 4.69. The minimum atomic E-state index is -0.444. The van der Waals surface area contributed by atoms with Crippen molar-refractivity contribution < 1.29 is 9.72 Å². The maximum atomic E-state index is 12.0. The molecule has 9 heteroatoms. The molecular formula is C11H8N4O3S2. The molecule has 1 amide bonds. The highest BCUT2D eigenvalue weighted by atomic mass is 32.2. The monoisotopic (exact) mass is 308 g/mol. The van der Waals surface area contributed by atoms with Crippen molar-refractivity contribution in [1.29, 1.82) is 0 Å². The van der Waals surface area contributed by atoms with Crippen molar-refractivity contribution in [3.8, 4) is 0 Å². The number of nitrogens with zero attached hydrogens (tertiary/aromatic N) is 4. The second kappa shape index (κ2) is 5.17. The molecule has 0 radical (unpaired) electrons. The van der Waals surface area contributed by atoms with Gasteiger partial charge in [-0.15, -0.1) is 22.0 Å². The van der Waals surface area contributed by atoms with Gasteiger partial charge in [0.2, 0.25) is 11.0 Å². The van der Waals surface area contributed by atoms with Crippen LogP contribution in [-0.2, 0) is 4.79 Å². The number of nitro benzene ring substituents is 1. The summed E-state index contributed by atoms with van der Waals surface area (Å²) in [5, 5.41) is 18.7. The summed E-state index contributed by atoms with van der Waals surface area (Å²) in [5.74, 6) is 0.260. The van der Waals surface area contributed by atoms with Crippen LogP contribution in [-0.4, -0.2) is 26.8 Å². The zero-order valence-electron chi connectivity index (χ0n) is 10.0. The van der Waals surface area contributed by atoms with Crippen LogP contribution in [0.25, 0.3) is 0 Å². The lowest BCUT2D eigenvalue weighted by molar-refractivity contribution is -0.384. The first-order valence-corrected chi connectivity index (χ1v) is 7.54. The molecule has 7 nitrogen and oxygen atoms in total. The van der Waals surface area contributed by atoms with Gasteiger partial charge in [-0.3, -0.25) is 19.8 Å². The van der Waals surface area contributed by atoms with Gasteiger partial charge in [-0.1, -0.05) is 23.5 Å². The van der Waals surface area contributed by atoms with E-state index in [0.717, 1.165) is 0 Å². The van der Waals surface area contributed by atoms with Crippen LogP contribution in [0.1, 0.15) is 10.9 Å². The summed E-state index contributed by atoms with van der Waals surface area (Å²) in [7, 11) is 0. The van der Waals surface area contributed by atoms with E-state index >= 15 is 0 Å². The molecule has 20 heavy (non-hydrogen) atoms. The first-order chi connectivity index (χ1) is 9.66. The van der Waals surface area contributed by atoms with Gasteiger partial charge < -0.3 is 0 Å². The van der Waals surface area contributed by atoms with Crippen LogP contribution < -0.4 is 4.90 Å². The third kappa shape index (κ3) is 2.25. The number of benzene rings is 1. The van der Waals surface area contributed by atoms with Gasteiger partial charge in [-0.25, -0.2) is 0 Å². The molecule has 0 unspecified atom stereocenters. The number of nitro groups is 1. The average Bonchev–Trinajstić information content (AvgIpc) is 3.07. The molecule has 0 N–H and O–H groups in total. The van der Waals surface area contributed by atoms with Crippen molar-refractivity contribution in [1.82, 2.24) is 10.2 Å². The van der Waals surface area contributed by atoms with Gasteiger partial charge in [0.25, 0.3) is 5.69 Å². The molecule has 1 atom stereocenters. The second-order valence-electron chi connectivity index (χ2n) is 4.00. The number of non-ortho nitro benzene ring substituents is 1. The number of aromatic nitrogens is 2. The summed E-state index contributed by atoms with van der Waals surface area (Å²) < 4.78 is 0. The Morgan fingerprint density at radius 3 is 3.00 bits per heavy atom. The van der Waals surface area contributed by atoms with Crippen LogP contribution in [0.15, 0.2) is 29.8 Å². The van der Waals surface area contributed by atoms with Crippen molar-refractivity contribution >= 4 is 39.8 Å². The highest BCUT2D eigenvalue weighted by Crippen LogP contribution is 2.42. The molecule has 0 bridgehead atoms. The second-order valence-corrected chi connectivity index (χ2v) is 5.88. The smallest absolute Gasteiger partial charge is 0.269 e. The molecule has 0 spiro atoms. The van der Waals surface area contributed by atoms with Gasteiger partial charge in [0.05, 0.1) is 10.7 Å². The van der Waals surface area contributed by atoms with E-state index in [-0.39, 0.29) is 17.0 Å². The number of anilines is 1. The van der Waals surface area contributed by atoms with Crippen molar-refractivity contribution in [3.05, 3.63) is 45.5 Å². The fourth-order valence-corrected chi connectivity index (χ4v) is 3.76. The molecule has 2 heterocycles. The number of rotatable bonds is 3. The van der Waals surface area contributed by atoms with Crippen LogP contribution in [0.2, 0.25) is 0 Å². The summed E-state index contributed by atoms with van der Waals surface area (Å²) in [6.07, 6.45) is 0. The normalized spacial score (nSPS) is 18.5. The summed E-state index contributed by atoms with van der Waals surface area (Å²) in [4.78, 5) is 23.9. The number of amides is 1. The van der Waals surface area contributed by atoms with Crippen molar-refractivity contribution in [3.63, 3.8) is 0 Å². The quantitative estimate of drug-likeness (QED) is 0.638. The molecule has 102 valence electrons. The SMILES string of the molecule is O=C1CS[C@H](c2cccc([N+](=O)[O-])c2)N1c1nncs1. The van der Waals surface area contributed by atoms with Crippen LogP contribution in [0.4, 0.5) is 10.8 Å². The van der Waals surface area contributed by atoms with E-state index in [4.69, 9.17) is 0 Å². The fourth-order valence-electron chi connectivity index (χ4n) is 1.94. The Bertz CT molecular complexity index is 661. The van der Waals surface area contributed by atoms with Gasteiger partial charge in [-0.2, -0.15) is 0 Å². The zero-order chi connectivity index (χ0) is 14.1. The maximum Gasteiger partial charge on any atom is 0.269 e. The molecule has 3 rings (SSSR count). The summed E-state index contributed by atoms with van der Waals surface area (Å²) in [6.45, 7) is 0. The minimum absolute atomic E-state index is 0.0136. The molecule has 1 aliphatic heterocycles. The Morgan fingerprint density at radius 2 is 2.30 bits per heavy atom. The van der Waals surface area contributed by atoms with E-state index in [1.54, 1.807) is 22.5 Å². The van der Waals surface area contributed by atoms with Crippen molar-refractivity contribution in [2.24, 2.45) is 0 Å². The highest BCUT2D eigenvalue weighted by Gasteiger charge is 2.36. The summed E-state index contributed by atoms with van der Waals surface area (Å²) in [5.41, 5.74) is 2.28. The number of carbonyl (C=O) groups is 1. The molecule has 0 saturated carbocycles. The number of carbonyl (C=O) groups excluding carboxylic acids is 1. The van der Waals surface area contributed by atoms with E-state index in [1.807, 2.05) is 0 Å². The van der Waals surface area contributed by atoms with Crippen LogP contribution in [0.3, 0.4) is 0 Å². The van der Waals surface area contributed by atoms with Crippen LogP contribution >= 0.6 is 23.1 Å². The molecule has 1 aliphatic rings. The largest absolute Gasteiger partial charge is 0.273 e. The predicted molar refractivity (Wildman–Crippen MR) is 75.7 cm³/mol. The van der Waals surface area contributed by atoms with E-state index < -0.39 is 4.92 Å². The Morgan fingerprint density at radius 1 is 1.45 bits per heavy atom. The lowest BCUT2D eigenvalue weighted by atomic mass is 10.2. The van der Waals surface area contributed by atoms with Gasteiger partial charge in [0.1, 0.15) is 10.9 Å². The van der Waals surface area contributed by atoms with Crippen LogP contribution in [0.5, 0.6) is 0 Å². The molecular weight excluding hydrogens is 300 g/mol. The maximum absolute atomic E-state index is 12.0. The van der Waals surface area contributed by atoms with Crippen LogP contribution in [0, 0.1) is 10.1 Å². The number of hydrogen-bond acceptors (Lipinski definition) is 7. The van der Waals surface area contributed by atoms with Crippen molar-refractivity contribution in [2.75, 3.05) is 10.7 Å². The Labute approximate surface area is 121 Å². The van der Waals surface area contributed by atoms with Gasteiger partial charge in [-0.05, 0) is 5.56 Å². The minimum Gasteiger partial charge on any atom is -0.273 e. The average molecular weight is 308 g/mol. The fraction of sp³-hybridized carbons (Fsp3) is 0.182. The molecule has 1 aromatic carbocycles. The Balaban J connectivity index is 1.98. The topological polar surface area (TPSA) is 89.2 Å². The molecule has 2 aromatic rings. The lowest BCUT2D eigenvalue weighted by Gasteiger charge is -2.20. The molecule has 1 saturated heterocycles. The zero-order valence-corrected chi connectivity index (χ0v) is 11.6. The summed E-state index contributed by atoms with van der Waals surface area (Å²) in [6, 6.07) is 6.32. The Kier molecular flexibility index (Phi) is 3.36. The first kappa shape index (κ1) is 13.0. The molecule has 1 fully saturated rings. The molecule has 0 aliphatic carbocycles. The van der Waals surface area contributed by atoms with Gasteiger partial charge in [0, 0.05) is 12.1 Å². The standard InChI is InChI=1S/C11H8N4O3S2/c16-9-5-19-10(14(9)11-13-12-6-20-11)7-2-1-3-8(4-7)15(17)18/h1-4,6,10H,5H2/t10-/m1/s1. The van der Waals surface area contributed by atoms with Crippen molar-refractivity contribution in [2.45, 2.75) is 5.37 Å². The molecule has 1 aromatic heterocycles. The van der Waals surface area contributed by atoms with E-state index in [0.29, 0.717) is 16.4 Å².